The van der Waals surface area contributed by atoms with E-state index in [4.69, 9.17) is 0 Å². The highest BCUT2D eigenvalue weighted by atomic mass is 32.2. The minimum absolute atomic E-state index is 0.0311. The molecule has 6 nitrogen and oxygen atoms in total. The number of carbonyl (C=O) groups excluding carboxylic acids is 2. The first-order chi connectivity index (χ1) is 13.6. The third-order valence-electron chi connectivity index (χ3n) is 4.57. The molecule has 4 rings (SSSR count). The van der Waals surface area contributed by atoms with E-state index in [0.717, 1.165) is 21.8 Å². The van der Waals surface area contributed by atoms with E-state index >= 15 is 0 Å². The molecule has 0 bridgehead atoms. The van der Waals surface area contributed by atoms with Crippen LogP contribution in [0.1, 0.15) is 28.5 Å². The van der Waals surface area contributed by atoms with E-state index in [0.29, 0.717) is 30.0 Å². The second-order valence-corrected chi connectivity index (χ2v) is 7.52. The molecule has 0 radical (unpaired) electrons. The highest BCUT2D eigenvalue weighted by Crippen LogP contribution is 2.33. The van der Waals surface area contributed by atoms with Gasteiger partial charge in [-0.15, -0.1) is 11.8 Å². The van der Waals surface area contributed by atoms with Crippen molar-refractivity contribution in [2.24, 2.45) is 0 Å². The number of carbonyl (C=O) groups is 2. The zero-order valence-electron chi connectivity index (χ0n) is 15.4. The van der Waals surface area contributed by atoms with Gasteiger partial charge in [0.25, 0.3) is 5.91 Å². The highest BCUT2D eigenvalue weighted by molar-refractivity contribution is 8.00. The molecule has 7 heteroatoms. The van der Waals surface area contributed by atoms with E-state index in [9.17, 15) is 9.59 Å². The zero-order valence-corrected chi connectivity index (χ0v) is 16.3. The van der Waals surface area contributed by atoms with Crippen molar-refractivity contribution in [3.05, 3.63) is 71.5 Å². The molecule has 3 aromatic rings. The smallest absolute Gasteiger partial charge is 0.259 e. The third kappa shape index (κ3) is 3.80. The van der Waals surface area contributed by atoms with E-state index in [1.165, 1.54) is 11.8 Å². The average Bonchev–Trinajstić information content (AvgIpc) is 3.11. The molecule has 142 valence electrons. The Bertz CT molecular complexity index is 1030. The Morgan fingerprint density at radius 2 is 2.07 bits per heavy atom. The van der Waals surface area contributed by atoms with Crippen molar-refractivity contribution in [3.8, 4) is 0 Å². The number of aromatic nitrogens is 2. The molecule has 28 heavy (non-hydrogen) atoms. The van der Waals surface area contributed by atoms with Gasteiger partial charge in [-0.2, -0.15) is 5.10 Å². The SMILES string of the molecule is CCc1c(C(=O)Nc2ccc3c(c2)NC(=O)CS3)cnn1Cc1ccccc1. The lowest BCUT2D eigenvalue weighted by molar-refractivity contribution is -0.113. The van der Waals surface area contributed by atoms with Crippen molar-refractivity contribution in [1.29, 1.82) is 0 Å². The van der Waals surface area contributed by atoms with Crippen LogP contribution in [0.25, 0.3) is 0 Å². The first kappa shape index (κ1) is 18.3. The Balaban J connectivity index is 1.54. The topological polar surface area (TPSA) is 76.0 Å². The fraction of sp³-hybridized carbons (Fsp3) is 0.190. The maximum absolute atomic E-state index is 12.8. The average molecular weight is 392 g/mol. The van der Waals surface area contributed by atoms with Crippen LogP contribution in [0.5, 0.6) is 0 Å². The number of nitrogens with zero attached hydrogens (tertiary/aromatic N) is 2. The Hall–Kier alpha value is -3.06. The Kier molecular flexibility index (Phi) is 5.16. The Labute approximate surface area is 167 Å². The molecule has 1 aliphatic heterocycles. The molecule has 2 N–H and O–H groups in total. The van der Waals surface area contributed by atoms with Gasteiger partial charge < -0.3 is 10.6 Å². The molecule has 2 heterocycles. The van der Waals surface area contributed by atoms with Crippen LogP contribution in [-0.2, 0) is 17.8 Å². The number of rotatable bonds is 5. The summed E-state index contributed by atoms with van der Waals surface area (Å²) in [5.74, 6) is 0.182. The number of amides is 2. The largest absolute Gasteiger partial charge is 0.324 e. The maximum Gasteiger partial charge on any atom is 0.259 e. The van der Waals surface area contributed by atoms with Gasteiger partial charge in [0.15, 0.2) is 0 Å². The predicted octanol–water partition coefficient (Wildman–Crippen LogP) is 3.79. The van der Waals surface area contributed by atoms with Gasteiger partial charge >= 0.3 is 0 Å². The van der Waals surface area contributed by atoms with E-state index in [1.54, 1.807) is 12.3 Å². The lowest BCUT2D eigenvalue weighted by atomic mass is 10.1. The van der Waals surface area contributed by atoms with Crippen LogP contribution in [0.3, 0.4) is 0 Å². The molecule has 1 aliphatic rings. The molecule has 0 saturated carbocycles. The normalized spacial score (nSPS) is 13.0. The van der Waals surface area contributed by atoms with Gasteiger partial charge in [0.05, 0.1) is 35.4 Å². The minimum atomic E-state index is -0.203. The second kappa shape index (κ2) is 7.90. The first-order valence-corrected chi connectivity index (χ1v) is 10.1. The molecule has 1 aromatic heterocycles. The monoisotopic (exact) mass is 392 g/mol. The summed E-state index contributed by atoms with van der Waals surface area (Å²) >= 11 is 1.49. The lowest BCUT2D eigenvalue weighted by Gasteiger charge is -2.17. The van der Waals surface area contributed by atoms with Crippen molar-refractivity contribution in [3.63, 3.8) is 0 Å². The Morgan fingerprint density at radius 1 is 1.25 bits per heavy atom. The third-order valence-corrected chi connectivity index (χ3v) is 5.65. The highest BCUT2D eigenvalue weighted by Gasteiger charge is 2.19. The van der Waals surface area contributed by atoms with Crippen molar-refractivity contribution in [2.75, 3.05) is 16.4 Å². The van der Waals surface area contributed by atoms with Gasteiger partial charge in [-0.1, -0.05) is 37.3 Å². The first-order valence-electron chi connectivity index (χ1n) is 9.10. The summed E-state index contributed by atoms with van der Waals surface area (Å²) in [4.78, 5) is 25.4. The van der Waals surface area contributed by atoms with Crippen molar-refractivity contribution < 1.29 is 9.59 Å². The van der Waals surface area contributed by atoms with E-state index in [1.807, 2.05) is 54.1 Å². The lowest BCUT2D eigenvalue weighted by Crippen LogP contribution is -2.19. The fourth-order valence-electron chi connectivity index (χ4n) is 3.23. The minimum Gasteiger partial charge on any atom is -0.324 e. The standard InChI is InChI=1S/C21H20N4O2S/c1-2-18-16(11-22-25(18)12-14-6-4-3-5-7-14)21(27)23-15-8-9-19-17(10-15)24-20(26)13-28-19/h3-11H,2,12-13H2,1H3,(H,23,27)(H,24,26). The fourth-order valence-corrected chi connectivity index (χ4v) is 4.01. The summed E-state index contributed by atoms with van der Waals surface area (Å²) < 4.78 is 1.87. The summed E-state index contributed by atoms with van der Waals surface area (Å²) in [5, 5.41) is 10.2. The van der Waals surface area contributed by atoms with Crippen LogP contribution >= 0.6 is 11.8 Å². The number of thioether (sulfide) groups is 1. The van der Waals surface area contributed by atoms with Gasteiger partial charge in [0, 0.05) is 10.6 Å². The number of nitrogens with one attached hydrogen (secondary N) is 2. The van der Waals surface area contributed by atoms with Crippen LogP contribution in [0.4, 0.5) is 11.4 Å². The molecule has 0 fully saturated rings. The van der Waals surface area contributed by atoms with Gasteiger partial charge in [-0.3, -0.25) is 14.3 Å². The van der Waals surface area contributed by atoms with Crippen molar-refractivity contribution >= 4 is 35.0 Å². The van der Waals surface area contributed by atoms with Crippen LogP contribution < -0.4 is 10.6 Å². The molecule has 2 aromatic carbocycles. The molecule has 0 spiro atoms. The molecule has 2 amide bonds. The van der Waals surface area contributed by atoms with Gasteiger partial charge in [0.1, 0.15) is 0 Å². The molecular formula is C21H20N4O2S. The van der Waals surface area contributed by atoms with E-state index in [2.05, 4.69) is 15.7 Å². The van der Waals surface area contributed by atoms with E-state index in [-0.39, 0.29) is 11.8 Å². The molecule has 0 saturated heterocycles. The number of benzene rings is 2. The van der Waals surface area contributed by atoms with E-state index < -0.39 is 0 Å². The van der Waals surface area contributed by atoms with Crippen LogP contribution in [0, 0.1) is 0 Å². The second-order valence-electron chi connectivity index (χ2n) is 6.50. The van der Waals surface area contributed by atoms with Crippen LogP contribution in [0.15, 0.2) is 59.6 Å². The molecular weight excluding hydrogens is 372 g/mol. The van der Waals surface area contributed by atoms with Crippen LogP contribution in [-0.4, -0.2) is 27.3 Å². The summed E-state index contributed by atoms with van der Waals surface area (Å²) in [6, 6.07) is 15.6. The van der Waals surface area contributed by atoms with Crippen LogP contribution in [0.2, 0.25) is 0 Å². The summed E-state index contributed by atoms with van der Waals surface area (Å²) in [7, 11) is 0. The molecule has 0 unspecified atom stereocenters. The predicted molar refractivity (Wildman–Crippen MR) is 111 cm³/mol. The van der Waals surface area contributed by atoms with Crippen molar-refractivity contribution in [1.82, 2.24) is 9.78 Å². The maximum atomic E-state index is 12.8. The summed E-state index contributed by atoms with van der Waals surface area (Å²) in [6.07, 6.45) is 2.32. The number of hydrogen-bond donors (Lipinski definition) is 2. The summed E-state index contributed by atoms with van der Waals surface area (Å²) in [6.45, 7) is 2.64. The number of fused-ring (bicyclic) bond motifs is 1. The van der Waals surface area contributed by atoms with Gasteiger partial charge in [-0.05, 0) is 30.2 Å². The Morgan fingerprint density at radius 3 is 2.86 bits per heavy atom. The number of anilines is 2. The molecule has 0 aliphatic carbocycles. The zero-order chi connectivity index (χ0) is 19.5. The quantitative estimate of drug-likeness (QED) is 0.693. The van der Waals surface area contributed by atoms with Gasteiger partial charge in [-0.25, -0.2) is 0 Å². The number of hydrogen-bond acceptors (Lipinski definition) is 4. The summed E-state index contributed by atoms with van der Waals surface area (Å²) in [5.41, 5.74) is 3.96. The van der Waals surface area contributed by atoms with Gasteiger partial charge in [0.2, 0.25) is 5.91 Å². The molecule has 0 atom stereocenters. The van der Waals surface area contributed by atoms with Crippen molar-refractivity contribution in [2.45, 2.75) is 24.8 Å².